The third kappa shape index (κ3) is 4.16. The summed E-state index contributed by atoms with van der Waals surface area (Å²) in [5, 5.41) is 10.3. The van der Waals surface area contributed by atoms with Crippen LogP contribution in [0.1, 0.15) is 24.8 Å². The van der Waals surface area contributed by atoms with Crippen molar-refractivity contribution in [1.29, 1.82) is 0 Å². The molecule has 1 aromatic rings. The fourth-order valence-electron chi connectivity index (χ4n) is 3.45. The van der Waals surface area contributed by atoms with E-state index in [1.165, 1.54) is 11.1 Å². The summed E-state index contributed by atoms with van der Waals surface area (Å²) in [6, 6.07) is 8.15. The Bertz CT molecular complexity index is 597. The second-order valence-corrected chi connectivity index (χ2v) is 6.56. The van der Waals surface area contributed by atoms with Crippen molar-refractivity contribution in [1.82, 2.24) is 9.80 Å². The molecule has 1 unspecified atom stereocenters. The van der Waals surface area contributed by atoms with Crippen molar-refractivity contribution < 1.29 is 14.6 Å². The summed E-state index contributed by atoms with van der Waals surface area (Å²) in [5.74, 6) is 1.05. The molecule has 5 nitrogen and oxygen atoms in total. The lowest BCUT2D eigenvalue weighted by Crippen LogP contribution is -2.42. The van der Waals surface area contributed by atoms with Crippen LogP contribution in [-0.2, 0) is 4.79 Å². The average molecular weight is 330 g/mol. The van der Waals surface area contributed by atoms with Gasteiger partial charge >= 0.3 is 0 Å². The second kappa shape index (κ2) is 7.81. The minimum absolute atomic E-state index is 0.175. The highest BCUT2D eigenvalue weighted by molar-refractivity contribution is 5.78. The quantitative estimate of drug-likeness (QED) is 0.864. The van der Waals surface area contributed by atoms with Gasteiger partial charge in [0.15, 0.2) is 0 Å². The van der Waals surface area contributed by atoms with Crippen LogP contribution in [0, 0.1) is 0 Å². The van der Waals surface area contributed by atoms with Gasteiger partial charge in [0.1, 0.15) is 5.75 Å². The number of carbonyl (C=O) groups is 1. The van der Waals surface area contributed by atoms with E-state index < -0.39 is 6.10 Å². The van der Waals surface area contributed by atoms with E-state index in [4.69, 9.17) is 4.74 Å². The summed E-state index contributed by atoms with van der Waals surface area (Å²) < 4.78 is 5.20. The number of aliphatic hydroxyl groups is 1. The number of hydrogen-bond donors (Lipinski definition) is 1. The van der Waals surface area contributed by atoms with E-state index in [-0.39, 0.29) is 5.91 Å². The first-order chi connectivity index (χ1) is 11.7. The largest absolute Gasteiger partial charge is 0.497 e. The van der Waals surface area contributed by atoms with Gasteiger partial charge in [0, 0.05) is 39.1 Å². The smallest absolute Gasteiger partial charge is 0.222 e. The molecule has 0 spiro atoms. The van der Waals surface area contributed by atoms with Gasteiger partial charge in [-0.25, -0.2) is 0 Å². The average Bonchev–Trinajstić information content (AvgIpc) is 3.00. The molecule has 2 aliphatic heterocycles. The molecule has 0 bridgehead atoms. The molecule has 1 N–H and O–H groups in total. The van der Waals surface area contributed by atoms with Gasteiger partial charge in [-0.15, -0.1) is 0 Å². The lowest BCUT2D eigenvalue weighted by atomic mass is 9.99. The molecule has 1 atom stereocenters. The van der Waals surface area contributed by atoms with Gasteiger partial charge < -0.3 is 14.7 Å². The first-order valence-corrected chi connectivity index (χ1v) is 8.67. The van der Waals surface area contributed by atoms with Gasteiger partial charge in [0.25, 0.3) is 0 Å². The van der Waals surface area contributed by atoms with E-state index in [1.54, 1.807) is 12.0 Å². The van der Waals surface area contributed by atoms with Crippen molar-refractivity contribution in [2.75, 3.05) is 39.8 Å². The molecular weight excluding hydrogens is 304 g/mol. The molecule has 1 saturated heterocycles. The number of aliphatic hydroxyl groups excluding tert-OH is 1. The molecule has 24 heavy (non-hydrogen) atoms. The minimum atomic E-state index is -0.469. The number of amides is 1. The first-order valence-electron chi connectivity index (χ1n) is 8.67. The van der Waals surface area contributed by atoms with Crippen molar-refractivity contribution in [2.45, 2.75) is 25.4 Å². The fourth-order valence-corrected chi connectivity index (χ4v) is 3.45. The van der Waals surface area contributed by atoms with Crippen molar-refractivity contribution in [2.24, 2.45) is 0 Å². The Labute approximate surface area is 143 Å². The summed E-state index contributed by atoms with van der Waals surface area (Å²) in [4.78, 5) is 15.7. The fraction of sp³-hybridized carbons (Fsp3) is 0.526. The molecule has 1 aromatic carbocycles. The van der Waals surface area contributed by atoms with Crippen LogP contribution in [-0.4, -0.2) is 66.8 Å². The molecule has 1 fully saturated rings. The molecule has 3 rings (SSSR count). The minimum Gasteiger partial charge on any atom is -0.497 e. The van der Waals surface area contributed by atoms with Crippen LogP contribution >= 0.6 is 0 Å². The molecule has 2 aliphatic rings. The summed E-state index contributed by atoms with van der Waals surface area (Å²) in [5.41, 5.74) is 2.58. The lowest BCUT2D eigenvalue weighted by molar-refractivity contribution is -0.129. The van der Waals surface area contributed by atoms with Crippen molar-refractivity contribution in [3.05, 3.63) is 35.9 Å². The Balaban J connectivity index is 1.50. The van der Waals surface area contributed by atoms with E-state index >= 15 is 0 Å². The second-order valence-electron chi connectivity index (χ2n) is 6.56. The number of benzene rings is 1. The summed E-state index contributed by atoms with van der Waals surface area (Å²) >= 11 is 0. The molecule has 0 saturated carbocycles. The number of rotatable bonds is 6. The summed E-state index contributed by atoms with van der Waals surface area (Å²) in [6.07, 6.45) is 4.29. The highest BCUT2D eigenvalue weighted by Crippen LogP contribution is 2.24. The first kappa shape index (κ1) is 17.0. The Morgan fingerprint density at radius 3 is 2.54 bits per heavy atom. The maximum Gasteiger partial charge on any atom is 0.222 e. The number of ether oxygens (including phenoxy) is 1. The summed E-state index contributed by atoms with van der Waals surface area (Å²) in [7, 11) is 1.67. The highest BCUT2D eigenvalue weighted by atomic mass is 16.5. The molecule has 1 amide bonds. The van der Waals surface area contributed by atoms with Gasteiger partial charge in [-0.2, -0.15) is 0 Å². The van der Waals surface area contributed by atoms with E-state index in [1.807, 2.05) is 12.1 Å². The third-order valence-corrected chi connectivity index (χ3v) is 4.83. The Kier molecular flexibility index (Phi) is 5.53. The van der Waals surface area contributed by atoms with Gasteiger partial charge in [0.2, 0.25) is 5.91 Å². The van der Waals surface area contributed by atoms with E-state index in [0.717, 1.165) is 38.2 Å². The molecule has 5 heteroatoms. The topological polar surface area (TPSA) is 53.0 Å². The van der Waals surface area contributed by atoms with Crippen LogP contribution in [0.3, 0.4) is 0 Å². The van der Waals surface area contributed by atoms with Crippen molar-refractivity contribution >= 4 is 11.5 Å². The zero-order chi connectivity index (χ0) is 16.9. The van der Waals surface area contributed by atoms with Gasteiger partial charge in [-0.05, 0) is 36.1 Å². The monoisotopic (exact) mass is 330 g/mol. The number of likely N-dealkylation sites (tertiary alicyclic amines) is 1. The Morgan fingerprint density at radius 2 is 1.96 bits per heavy atom. The maximum atomic E-state index is 11.6. The normalized spacial score (nSPS) is 20.2. The van der Waals surface area contributed by atoms with E-state index in [0.29, 0.717) is 19.5 Å². The number of hydrogen-bond acceptors (Lipinski definition) is 4. The van der Waals surface area contributed by atoms with Crippen LogP contribution in [0.4, 0.5) is 0 Å². The summed E-state index contributed by atoms with van der Waals surface area (Å²) in [6.45, 7) is 3.65. The number of carbonyl (C=O) groups excluding carboxylic acids is 1. The predicted octanol–water partition coefficient (Wildman–Crippen LogP) is 1.77. The molecule has 0 aliphatic carbocycles. The highest BCUT2D eigenvalue weighted by Gasteiger charge is 2.24. The van der Waals surface area contributed by atoms with Gasteiger partial charge in [0.05, 0.1) is 13.2 Å². The van der Waals surface area contributed by atoms with Crippen LogP contribution in [0.2, 0.25) is 0 Å². The van der Waals surface area contributed by atoms with Crippen LogP contribution in [0.5, 0.6) is 5.75 Å². The van der Waals surface area contributed by atoms with Gasteiger partial charge in [-0.1, -0.05) is 18.2 Å². The number of β-amino-alcohol motifs (C(OH)–C–C–N with tert-alkyl or cyclic N) is 1. The molecule has 130 valence electrons. The zero-order valence-electron chi connectivity index (χ0n) is 14.3. The van der Waals surface area contributed by atoms with Crippen molar-refractivity contribution in [3.63, 3.8) is 0 Å². The lowest BCUT2D eigenvalue weighted by Gasteiger charge is -2.29. The predicted molar refractivity (Wildman–Crippen MR) is 93.8 cm³/mol. The Morgan fingerprint density at radius 1 is 1.17 bits per heavy atom. The van der Waals surface area contributed by atoms with Crippen LogP contribution in [0.15, 0.2) is 30.3 Å². The Hall–Kier alpha value is -1.85. The van der Waals surface area contributed by atoms with Crippen LogP contribution < -0.4 is 4.74 Å². The molecule has 2 heterocycles. The standard InChI is InChI=1S/C19H26N2O3/c1-24-18-6-4-15(5-7-18)16-8-11-20(12-9-16)13-17(22)14-21-10-2-3-19(21)23/h4-8,17,22H,2-3,9-14H2,1H3. The van der Waals surface area contributed by atoms with Crippen molar-refractivity contribution in [3.8, 4) is 5.75 Å². The maximum absolute atomic E-state index is 11.6. The number of methoxy groups -OCH3 is 1. The molecular formula is C19H26N2O3. The number of nitrogens with zero attached hydrogens (tertiary/aromatic N) is 2. The zero-order valence-corrected chi connectivity index (χ0v) is 14.3. The van der Waals surface area contributed by atoms with E-state index in [2.05, 4.69) is 23.1 Å². The van der Waals surface area contributed by atoms with E-state index in [9.17, 15) is 9.90 Å². The molecule has 0 radical (unpaired) electrons. The van der Waals surface area contributed by atoms with Gasteiger partial charge in [-0.3, -0.25) is 9.69 Å². The third-order valence-electron chi connectivity index (χ3n) is 4.83. The SMILES string of the molecule is COc1ccc(C2=CCN(CC(O)CN3CCCC3=O)CC2)cc1. The molecule has 0 aromatic heterocycles. The van der Waals surface area contributed by atoms with Crippen LogP contribution in [0.25, 0.3) is 5.57 Å².